The second-order valence-corrected chi connectivity index (χ2v) is 4.98. The highest BCUT2D eigenvalue weighted by molar-refractivity contribution is 6.12. The molecule has 0 saturated heterocycles. The first-order valence-electron chi connectivity index (χ1n) is 7.10. The van der Waals surface area contributed by atoms with Crippen LogP contribution in [0.15, 0.2) is 76.3 Å². The van der Waals surface area contributed by atoms with Crippen LogP contribution in [0.1, 0.15) is 16.9 Å². The van der Waals surface area contributed by atoms with Crippen LogP contribution in [0.25, 0.3) is 0 Å². The van der Waals surface area contributed by atoms with Gasteiger partial charge in [0.15, 0.2) is 5.76 Å². The summed E-state index contributed by atoms with van der Waals surface area (Å²) in [5.74, 6) is 1.48. The first-order chi connectivity index (χ1) is 10.8. The fraction of sp³-hybridized carbons (Fsp3) is 0.105. The molecule has 110 valence electrons. The van der Waals surface area contributed by atoms with Gasteiger partial charge in [-0.25, -0.2) is 4.99 Å². The van der Waals surface area contributed by atoms with Crippen LogP contribution >= 0.6 is 0 Å². The highest BCUT2D eigenvalue weighted by Gasteiger charge is 2.11. The molecule has 0 bridgehead atoms. The summed E-state index contributed by atoms with van der Waals surface area (Å²) in [6.07, 6.45) is 1.65. The average Bonchev–Trinajstić information content (AvgIpc) is 3.08. The molecule has 0 radical (unpaired) electrons. The maximum atomic E-state index is 5.55. The Balaban J connectivity index is 2.14. The van der Waals surface area contributed by atoms with Crippen LogP contribution < -0.4 is 4.74 Å². The Morgan fingerprint density at radius 1 is 1.00 bits per heavy atom. The topological polar surface area (TPSA) is 34.7 Å². The van der Waals surface area contributed by atoms with E-state index in [4.69, 9.17) is 14.1 Å². The molecule has 0 saturated carbocycles. The molecular formula is C19H17NO2. The van der Waals surface area contributed by atoms with E-state index in [-0.39, 0.29) is 0 Å². The Morgan fingerprint density at radius 2 is 1.82 bits per heavy atom. The van der Waals surface area contributed by atoms with E-state index < -0.39 is 0 Å². The number of aliphatic imine (C=N–C) groups is 1. The van der Waals surface area contributed by atoms with Gasteiger partial charge in [-0.2, -0.15) is 0 Å². The molecule has 1 aromatic heterocycles. The predicted molar refractivity (Wildman–Crippen MR) is 88.2 cm³/mol. The molecule has 0 N–H and O–H groups in total. The summed E-state index contributed by atoms with van der Waals surface area (Å²) >= 11 is 0. The van der Waals surface area contributed by atoms with E-state index in [0.29, 0.717) is 0 Å². The molecular weight excluding hydrogens is 274 g/mol. The van der Waals surface area contributed by atoms with Crippen molar-refractivity contribution in [2.45, 2.75) is 6.92 Å². The molecule has 0 aliphatic heterocycles. The summed E-state index contributed by atoms with van der Waals surface area (Å²) in [5, 5.41) is 0. The largest absolute Gasteiger partial charge is 0.494 e. The van der Waals surface area contributed by atoms with Gasteiger partial charge in [0, 0.05) is 5.56 Å². The van der Waals surface area contributed by atoms with Crippen molar-refractivity contribution in [2.24, 2.45) is 4.99 Å². The molecule has 3 rings (SSSR count). The van der Waals surface area contributed by atoms with Crippen LogP contribution in [0, 0.1) is 6.92 Å². The standard InChI is InChI=1S/C19H17NO2/c1-14-10-11-16(18(13-14)21-2)20-19(17-9-6-12-22-17)15-7-4-3-5-8-15/h3-13H,1-2H3. The maximum Gasteiger partial charge on any atom is 0.152 e. The third-order valence-corrected chi connectivity index (χ3v) is 3.37. The number of nitrogens with zero attached hydrogens (tertiary/aromatic N) is 1. The molecule has 0 amide bonds. The van der Waals surface area contributed by atoms with Crippen LogP contribution in [0.2, 0.25) is 0 Å². The highest BCUT2D eigenvalue weighted by atomic mass is 16.5. The number of methoxy groups -OCH3 is 1. The number of aryl methyl sites for hydroxylation is 1. The summed E-state index contributed by atoms with van der Waals surface area (Å²) < 4.78 is 11.0. The molecule has 1 heterocycles. The zero-order chi connectivity index (χ0) is 15.4. The van der Waals surface area contributed by atoms with Crippen LogP contribution in [-0.2, 0) is 0 Å². The maximum absolute atomic E-state index is 5.55. The SMILES string of the molecule is COc1cc(C)ccc1N=C(c1ccccc1)c1ccco1. The number of hydrogen-bond acceptors (Lipinski definition) is 3. The van der Waals surface area contributed by atoms with Gasteiger partial charge in [-0.05, 0) is 36.8 Å². The van der Waals surface area contributed by atoms with Gasteiger partial charge in [-0.1, -0.05) is 36.4 Å². The van der Waals surface area contributed by atoms with E-state index in [0.717, 1.165) is 34.0 Å². The second-order valence-electron chi connectivity index (χ2n) is 4.98. The van der Waals surface area contributed by atoms with E-state index >= 15 is 0 Å². The molecule has 0 aliphatic carbocycles. The van der Waals surface area contributed by atoms with Crippen molar-refractivity contribution in [3.63, 3.8) is 0 Å². The van der Waals surface area contributed by atoms with E-state index in [9.17, 15) is 0 Å². The molecule has 0 aliphatic rings. The number of benzene rings is 2. The lowest BCUT2D eigenvalue weighted by Gasteiger charge is -2.08. The predicted octanol–water partition coefficient (Wildman–Crippen LogP) is 4.77. The molecule has 0 unspecified atom stereocenters. The molecule has 22 heavy (non-hydrogen) atoms. The van der Waals surface area contributed by atoms with Crippen LogP contribution in [0.5, 0.6) is 5.75 Å². The van der Waals surface area contributed by atoms with Gasteiger partial charge in [0.2, 0.25) is 0 Å². The van der Waals surface area contributed by atoms with Crippen molar-refractivity contribution < 1.29 is 9.15 Å². The van der Waals surface area contributed by atoms with Crippen molar-refractivity contribution in [3.05, 3.63) is 83.8 Å². The van der Waals surface area contributed by atoms with Crippen molar-refractivity contribution in [1.29, 1.82) is 0 Å². The summed E-state index contributed by atoms with van der Waals surface area (Å²) in [7, 11) is 1.66. The van der Waals surface area contributed by atoms with Gasteiger partial charge < -0.3 is 9.15 Å². The number of furan rings is 1. The first kappa shape index (κ1) is 14.1. The summed E-state index contributed by atoms with van der Waals surface area (Å²) in [6.45, 7) is 2.03. The summed E-state index contributed by atoms with van der Waals surface area (Å²) in [6, 6.07) is 19.7. The van der Waals surface area contributed by atoms with Crippen LogP contribution in [-0.4, -0.2) is 12.8 Å². The van der Waals surface area contributed by atoms with Crippen molar-refractivity contribution in [1.82, 2.24) is 0 Å². The van der Waals surface area contributed by atoms with Gasteiger partial charge in [0.1, 0.15) is 17.1 Å². The van der Waals surface area contributed by atoms with Crippen molar-refractivity contribution in [3.8, 4) is 5.75 Å². The lowest BCUT2D eigenvalue weighted by molar-refractivity contribution is 0.416. The van der Waals surface area contributed by atoms with E-state index in [1.54, 1.807) is 13.4 Å². The van der Waals surface area contributed by atoms with Crippen LogP contribution in [0.3, 0.4) is 0 Å². The summed E-state index contributed by atoms with van der Waals surface area (Å²) in [5.41, 5.74) is 3.70. The normalized spacial score (nSPS) is 11.5. The Morgan fingerprint density at radius 3 is 2.50 bits per heavy atom. The molecule has 2 aromatic carbocycles. The molecule has 0 fully saturated rings. The lowest BCUT2D eigenvalue weighted by atomic mass is 10.1. The first-order valence-corrected chi connectivity index (χ1v) is 7.10. The monoisotopic (exact) mass is 291 g/mol. The zero-order valence-electron chi connectivity index (χ0n) is 12.6. The Labute approximate surface area is 129 Å². The quantitative estimate of drug-likeness (QED) is 0.649. The number of ether oxygens (including phenoxy) is 1. The highest BCUT2D eigenvalue weighted by Crippen LogP contribution is 2.30. The van der Waals surface area contributed by atoms with Crippen LogP contribution in [0.4, 0.5) is 5.69 Å². The molecule has 3 nitrogen and oxygen atoms in total. The van der Waals surface area contributed by atoms with E-state index in [1.807, 2.05) is 67.6 Å². The lowest BCUT2D eigenvalue weighted by Crippen LogP contribution is -2.01. The molecule has 0 atom stereocenters. The third-order valence-electron chi connectivity index (χ3n) is 3.37. The van der Waals surface area contributed by atoms with Gasteiger partial charge in [0.05, 0.1) is 13.4 Å². The number of rotatable bonds is 4. The second kappa shape index (κ2) is 6.31. The summed E-state index contributed by atoms with van der Waals surface area (Å²) in [4.78, 5) is 4.78. The van der Waals surface area contributed by atoms with E-state index in [1.165, 1.54) is 0 Å². The van der Waals surface area contributed by atoms with Gasteiger partial charge in [-0.15, -0.1) is 0 Å². The third kappa shape index (κ3) is 2.93. The van der Waals surface area contributed by atoms with Gasteiger partial charge in [0.25, 0.3) is 0 Å². The van der Waals surface area contributed by atoms with Crippen molar-refractivity contribution >= 4 is 11.4 Å². The Bertz CT molecular complexity index is 774. The molecule has 3 aromatic rings. The molecule has 0 spiro atoms. The Hall–Kier alpha value is -2.81. The minimum Gasteiger partial charge on any atom is -0.494 e. The average molecular weight is 291 g/mol. The number of hydrogen-bond donors (Lipinski definition) is 0. The smallest absolute Gasteiger partial charge is 0.152 e. The van der Waals surface area contributed by atoms with E-state index in [2.05, 4.69) is 0 Å². The fourth-order valence-electron chi connectivity index (χ4n) is 2.27. The van der Waals surface area contributed by atoms with Gasteiger partial charge in [-0.3, -0.25) is 0 Å². The minimum atomic E-state index is 0.730. The molecule has 3 heteroatoms. The van der Waals surface area contributed by atoms with Crippen molar-refractivity contribution in [2.75, 3.05) is 7.11 Å². The van der Waals surface area contributed by atoms with Gasteiger partial charge >= 0.3 is 0 Å². The Kier molecular flexibility index (Phi) is 4.05. The minimum absolute atomic E-state index is 0.730. The fourth-order valence-corrected chi connectivity index (χ4v) is 2.27. The zero-order valence-corrected chi connectivity index (χ0v) is 12.6.